The quantitative estimate of drug-likeness (QED) is 0.436. The Hall–Kier alpha value is -3.36. The van der Waals surface area contributed by atoms with E-state index >= 15 is 0 Å². The largest absolute Gasteiger partial charge is 0.490 e. The first-order valence-corrected chi connectivity index (χ1v) is 11.8. The van der Waals surface area contributed by atoms with Gasteiger partial charge in [-0.3, -0.25) is 4.79 Å². The van der Waals surface area contributed by atoms with E-state index in [-0.39, 0.29) is 5.91 Å². The molecule has 0 saturated heterocycles. The molecule has 0 bridgehead atoms. The normalized spacial score (nSPS) is 17.4. The van der Waals surface area contributed by atoms with Gasteiger partial charge in [0.2, 0.25) is 0 Å². The molecule has 170 valence electrons. The third-order valence-electron chi connectivity index (χ3n) is 5.84. The van der Waals surface area contributed by atoms with Gasteiger partial charge >= 0.3 is 5.97 Å². The van der Waals surface area contributed by atoms with Gasteiger partial charge in [-0.2, -0.15) is 0 Å². The van der Waals surface area contributed by atoms with Crippen molar-refractivity contribution in [1.29, 1.82) is 0 Å². The van der Waals surface area contributed by atoms with Crippen LogP contribution in [-0.4, -0.2) is 37.0 Å². The zero-order valence-corrected chi connectivity index (χ0v) is 19.3. The van der Waals surface area contributed by atoms with Gasteiger partial charge in [-0.25, -0.2) is 4.79 Å². The summed E-state index contributed by atoms with van der Waals surface area (Å²) in [4.78, 5) is 29.0. The Bertz CT molecular complexity index is 1210. The Balaban J connectivity index is 1.40. The number of esters is 1. The molecule has 1 atom stereocenters. The van der Waals surface area contributed by atoms with Gasteiger partial charge in [0.1, 0.15) is 11.2 Å². The predicted octanol–water partition coefficient (Wildman–Crippen LogP) is 4.21. The Kier molecular flexibility index (Phi) is 5.78. The zero-order valence-electron chi connectivity index (χ0n) is 18.5. The van der Waals surface area contributed by atoms with Crippen molar-refractivity contribution in [3.05, 3.63) is 75.7 Å². The maximum Gasteiger partial charge on any atom is 0.343 e. The van der Waals surface area contributed by atoms with Crippen LogP contribution in [0.1, 0.15) is 49.8 Å². The SMILES string of the molecule is CCOc1cc([C@H]2NC(=O)c3c(sc4c3CCN(C)C4)N2)ccc1OC(=O)c1ccccc1. The highest BCUT2D eigenvalue weighted by Crippen LogP contribution is 2.41. The van der Waals surface area contributed by atoms with Crippen LogP contribution in [0, 0.1) is 0 Å². The second kappa shape index (κ2) is 8.88. The third kappa shape index (κ3) is 4.19. The van der Waals surface area contributed by atoms with Crippen molar-refractivity contribution in [3.8, 4) is 11.5 Å². The monoisotopic (exact) mass is 463 g/mol. The summed E-state index contributed by atoms with van der Waals surface area (Å²) < 4.78 is 11.4. The van der Waals surface area contributed by atoms with Crippen molar-refractivity contribution < 1.29 is 19.1 Å². The average molecular weight is 464 g/mol. The second-order valence-electron chi connectivity index (χ2n) is 8.14. The number of carbonyl (C=O) groups is 2. The van der Waals surface area contributed by atoms with Crippen molar-refractivity contribution in [2.75, 3.05) is 25.5 Å². The Morgan fingerprint density at radius 1 is 1.15 bits per heavy atom. The number of carbonyl (C=O) groups excluding carboxylic acids is 2. The minimum absolute atomic E-state index is 0.0617. The molecule has 0 spiro atoms. The van der Waals surface area contributed by atoms with Gasteiger partial charge in [0, 0.05) is 18.0 Å². The average Bonchev–Trinajstić information content (AvgIpc) is 3.18. The van der Waals surface area contributed by atoms with Gasteiger partial charge in [0.25, 0.3) is 5.91 Å². The summed E-state index contributed by atoms with van der Waals surface area (Å²) in [6.07, 6.45) is 0.480. The molecule has 5 rings (SSSR count). The number of rotatable bonds is 5. The molecule has 1 amide bonds. The van der Waals surface area contributed by atoms with Crippen LogP contribution in [0.2, 0.25) is 0 Å². The van der Waals surface area contributed by atoms with E-state index in [4.69, 9.17) is 9.47 Å². The highest BCUT2D eigenvalue weighted by molar-refractivity contribution is 7.16. The molecule has 33 heavy (non-hydrogen) atoms. The molecule has 3 aromatic rings. The summed E-state index contributed by atoms with van der Waals surface area (Å²) in [5, 5.41) is 7.45. The molecule has 0 aliphatic carbocycles. The smallest absolute Gasteiger partial charge is 0.343 e. The summed E-state index contributed by atoms with van der Waals surface area (Å²) in [7, 11) is 2.10. The molecular formula is C25H25N3O4S. The highest BCUT2D eigenvalue weighted by atomic mass is 32.1. The van der Waals surface area contributed by atoms with Gasteiger partial charge in [-0.05, 0) is 55.8 Å². The second-order valence-corrected chi connectivity index (χ2v) is 9.25. The predicted molar refractivity (Wildman–Crippen MR) is 127 cm³/mol. The molecule has 0 radical (unpaired) electrons. The minimum atomic E-state index is -0.452. The Morgan fingerprint density at radius 3 is 2.76 bits per heavy atom. The van der Waals surface area contributed by atoms with Crippen molar-refractivity contribution in [1.82, 2.24) is 10.2 Å². The lowest BCUT2D eigenvalue weighted by Crippen LogP contribution is -2.38. The van der Waals surface area contributed by atoms with Crippen LogP contribution in [0.3, 0.4) is 0 Å². The molecule has 7 nitrogen and oxygen atoms in total. The maximum atomic E-state index is 13.0. The molecule has 0 saturated carbocycles. The molecule has 2 aromatic carbocycles. The van der Waals surface area contributed by atoms with E-state index in [0.717, 1.165) is 41.2 Å². The van der Waals surface area contributed by atoms with Gasteiger partial charge < -0.3 is 25.0 Å². The zero-order chi connectivity index (χ0) is 22.9. The van der Waals surface area contributed by atoms with E-state index in [1.165, 1.54) is 4.88 Å². The molecule has 3 heterocycles. The number of ether oxygens (including phenoxy) is 2. The standard InChI is InChI=1S/C25H25N3O4S/c1-3-31-19-13-16(9-10-18(19)32-25(30)15-7-5-4-6-8-15)22-26-23(29)21-17-11-12-28(2)14-20(17)33-24(21)27-22/h4-10,13,22,27H,3,11-12,14H2,1-2H3,(H,26,29)/t22-/m0/s1. The van der Waals surface area contributed by atoms with E-state index in [0.29, 0.717) is 23.7 Å². The number of nitrogens with zero attached hydrogens (tertiary/aromatic N) is 1. The van der Waals surface area contributed by atoms with E-state index in [2.05, 4.69) is 22.6 Å². The number of amides is 1. The van der Waals surface area contributed by atoms with Crippen LogP contribution in [-0.2, 0) is 13.0 Å². The Morgan fingerprint density at radius 2 is 1.97 bits per heavy atom. The summed E-state index contributed by atoms with van der Waals surface area (Å²) in [6.45, 7) is 4.10. The van der Waals surface area contributed by atoms with Gasteiger partial charge in [-0.15, -0.1) is 11.3 Å². The number of likely N-dealkylation sites (N-methyl/N-ethyl adjacent to an activating group) is 1. The fraction of sp³-hybridized carbons (Fsp3) is 0.280. The van der Waals surface area contributed by atoms with Crippen LogP contribution < -0.4 is 20.1 Å². The van der Waals surface area contributed by atoms with Crippen LogP contribution in [0.25, 0.3) is 0 Å². The fourth-order valence-electron chi connectivity index (χ4n) is 4.20. The molecule has 2 aliphatic heterocycles. The fourth-order valence-corrected chi connectivity index (χ4v) is 5.55. The van der Waals surface area contributed by atoms with Crippen molar-refractivity contribution in [2.24, 2.45) is 0 Å². The number of nitrogens with one attached hydrogen (secondary N) is 2. The lowest BCUT2D eigenvalue weighted by atomic mass is 10.0. The lowest BCUT2D eigenvalue weighted by molar-refractivity contribution is 0.0728. The molecule has 1 aromatic heterocycles. The molecule has 2 N–H and O–H groups in total. The van der Waals surface area contributed by atoms with Crippen LogP contribution in [0.5, 0.6) is 11.5 Å². The first-order valence-electron chi connectivity index (χ1n) is 11.0. The summed E-state index contributed by atoms with van der Waals surface area (Å²) in [5.41, 5.74) is 3.22. The molecule has 2 aliphatic rings. The first-order chi connectivity index (χ1) is 16.0. The molecule has 0 unspecified atom stereocenters. The summed E-state index contributed by atoms with van der Waals surface area (Å²) in [5.74, 6) is 0.278. The Labute approximate surface area is 196 Å². The lowest BCUT2D eigenvalue weighted by Gasteiger charge is -2.27. The molecular weight excluding hydrogens is 438 g/mol. The third-order valence-corrected chi connectivity index (χ3v) is 6.99. The van der Waals surface area contributed by atoms with Gasteiger partial charge in [0.15, 0.2) is 11.5 Å². The van der Waals surface area contributed by atoms with Crippen molar-refractivity contribution in [3.63, 3.8) is 0 Å². The highest BCUT2D eigenvalue weighted by Gasteiger charge is 2.33. The minimum Gasteiger partial charge on any atom is -0.490 e. The van der Waals surface area contributed by atoms with Crippen LogP contribution in [0.15, 0.2) is 48.5 Å². The van der Waals surface area contributed by atoms with Gasteiger partial charge in [0.05, 0.1) is 17.7 Å². The number of anilines is 1. The number of hydrogen-bond acceptors (Lipinski definition) is 7. The van der Waals surface area contributed by atoms with Crippen LogP contribution in [0.4, 0.5) is 5.00 Å². The first kappa shape index (κ1) is 21.5. The van der Waals surface area contributed by atoms with E-state index in [1.54, 1.807) is 47.7 Å². The van der Waals surface area contributed by atoms with E-state index in [1.807, 2.05) is 19.1 Å². The van der Waals surface area contributed by atoms with Crippen LogP contribution >= 0.6 is 11.3 Å². The number of hydrogen-bond donors (Lipinski definition) is 2. The molecule has 8 heteroatoms. The molecule has 0 fully saturated rings. The van der Waals surface area contributed by atoms with Crippen molar-refractivity contribution >= 4 is 28.2 Å². The maximum absolute atomic E-state index is 13.0. The number of fused-ring (bicyclic) bond motifs is 3. The number of thiophene rings is 1. The summed E-state index contributed by atoms with van der Waals surface area (Å²) >= 11 is 1.65. The number of benzene rings is 2. The van der Waals surface area contributed by atoms with E-state index in [9.17, 15) is 9.59 Å². The van der Waals surface area contributed by atoms with Crippen molar-refractivity contribution in [2.45, 2.75) is 26.1 Å². The summed E-state index contributed by atoms with van der Waals surface area (Å²) in [6, 6.07) is 14.2. The van der Waals surface area contributed by atoms with E-state index < -0.39 is 12.1 Å². The van der Waals surface area contributed by atoms with Gasteiger partial charge in [-0.1, -0.05) is 24.3 Å². The topological polar surface area (TPSA) is 79.9 Å².